The predicted molar refractivity (Wildman–Crippen MR) is 120 cm³/mol. The topological polar surface area (TPSA) is 107 Å². The number of pyridine rings is 1. The molecule has 1 atom stereocenters. The number of hydrogen-bond acceptors (Lipinski definition) is 6. The molecule has 11 heteroatoms. The number of aromatic nitrogens is 1. The van der Waals surface area contributed by atoms with Crippen molar-refractivity contribution in [2.24, 2.45) is 5.92 Å². The summed E-state index contributed by atoms with van der Waals surface area (Å²) in [4.78, 5) is 40.6. The summed E-state index contributed by atoms with van der Waals surface area (Å²) in [6.45, 7) is 5.58. The largest absolute Gasteiger partial charge is 0.491 e. The highest BCUT2D eigenvalue weighted by Crippen LogP contribution is 2.22. The number of rotatable bonds is 10. The van der Waals surface area contributed by atoms with Crippen molar-refractivity contribution in [3.8, 4) is 5.75 Å². The fourth-order valence-corrected chi connectivity index (χ4v) is 2.86. The highest BCUT2D eigenvalue weighted by Gasteiger charge is 2.41. The van der Waals surface area contributed by atoms with Crippen molar-refractivity contribution in [2.45, 2.75) is 51.9 Å². The molecule has 0 aliphatic carbocycles. The molecule has 2 N–H and O–H groups in total. The van der Waals surface area contributed by atoms with Gasteiger partial charge in [-0.3, -0.25) is 9.78 Å². The molecule has 0 radical (unpaired) electrons. The van der Waals surface area contributed by atoms with Gasteiger partial charge in [-0.1, -0.05) is 26.0 Å². The van der Waals surface area contributed by atoms with Gasteiger partial charge in [-0.05, 0) is 54.6 Å². The number of ether oxygens (including phenoxy) is 2. The molecule has 35 heavy (non-hydrogen) atoms. The van der Waals surface area contributed by atoms with E-state index in [2.05, 4.69) is 20.4 Å². The summed E-state index contributed by atoms with van der Waals surface area (Å²) in [5, 5.41) is 5.24. The van der Waals surface area contributed by atoms with Gasteiger partial charge in [0.15, 0.2) is 0 Å². The summed E-state index contributed by atoms with van der Waals surface area (Å²) < 4.78 is 62.9. The number of nitrogens with one attached hydrogen (secondary N) is 2. The van der Waals surface area contributed by atoms with Gasteiger partial charge in [0.1, 0.15) is 17.9 Å². The van der Waals surface area contributed by atoms with Crippen molar-refractivity contribution in [3.63, 3.8) is 0 Å². The molecular formula is C24H28F3N3O5. The summed E-state index contributed by atoms with van der Waals surface area (Å²) >= 11 is 0. The first-order valence-electron chi connectivity index (χ1n) is 11.7. The molecule has 1 aromatic heterocycles. The van der Waals surface area contributed by atoms with Crippen LogP contribution < -0.4 is 15.4 Å². The lowest BCUT2D eigenvalue weighted by molar-refractivity contribution is -0.189. The Balaban J connectivity index is 2.24. The average Bonchev–Trinajstić information content (AvgIpc) is 2.79. The van der Waals surface area contributed by atoms with Crippen LogP contribution in [0.2, 0.25) is 0 Å². The van der Waals surface area contributed by atoms with Crippen LogP contribution in [-0.2, 0) is 27.4 Å². The van der Waals surface area contributed by atoms with Crippen LogP contribution in [0.3, 0.4) is 0 Å². The number of hydrogen-bond donors (Lipinski definition) is 2. The standard InChI is InChI=1S/C24H28F3N3O5/c1-16(2)8-13-29-20(31)23(3,30-22(33)34-15-18-9-11-28-12-10-18)14-17-4-6-19(7-5-17)35-21(32)24(25,26)27/h4-7,9-12,16H,8,13-15H2,1-3H3,(H,29,31)(H,30,33)/t23-/m0/s1/i6T,7T. The first kappa shape index (κ1) is 24.5. The van der Waals surface area contributed by atoms with E-state index in [9.17, 15) is 27.6 Å². The number of benzene rings is 1. The molecule has 8 nitrogen and oxygen atoms in total. The molecule has 0 fully saturated rings. The summed E-state index contributed by atoms with van der Waals surface area (Å²) in [7, 11) is 0. The molecule has 190 valence electrons. The normalized spacial score (nSPS) is 13.8. The summed E-state index contributed by atoms with van der Waals surface area (Å²) in [5.74, 6) is -3.71. The van der Waals surface area contributed by atoms with Crippen molar-refractivity contribution in [3.05, 3.63) is 59.9 Å². The van der Waals surface area contributed by atoms with Gasteiger partial charge in [-0.15, -0.1) is 0 Å². The van der Waals surface area contributed by atoms with Gasteiger partial charge in [0.2, 0.25) is 5.91 Å². The van der Waals surface area contributed by atoms with E-state index >= 15 is 0 Å². The number of carbonyl (C=O) groups excluding carboxylic acids is 3. The Kier molecular flexibility index (Phi) is 8.53. The second-order valence-electron chi connectivity index (χ2n) is 8.37. The minimum Gasteiger partial charge on any atom is -0.445 e. The quantitative estimate of drug-likeness (QED) is 0.379. The van der Waals surface area contributed by atoms with Gasteiger partial charge in [-0.2, -0.15) is 13.2 Å². The van der Waals surface area contributed by atoms with Crippen LogP contribution in [0.1, 0.15) is 41.1 Å². The van der Waals surface area contributed by atoms with Crippen LogP contribution in [0.5, 0.6) is 5.75 Å². The molecule has 2 rings (SSSR count). The predicted octanol–water partition coefficient (Wildman–Crippen LogP) is 3.94. The summed E-state index contributed by atoms with van der Waals surface area (Å²) in [6.07, 6.45) is -2.74. The number of halogens is 3. The molecule has 0 aliphatic heterocycles. The van der Waals surface area contributed by atoms with Crippen molar-refractivity contribution in [1.29, 1.82) is 0 Å². The number of amides is 2. The Morgan fingerprint density at radius 3 is 2.29 bits per heavy atom. The Labute approximate surface area is 204 Å². The van der Waals surface area contributed by atoms with Gasteiger partial charge in [-0.25, -0.2) is 9.59 Å². The molecule has 0 saturated carbocycles. The van der Waals surface area contributed by atoms with Crippen LogP contribution in [0.15, 0.2) is 48.7 Å². The number of nitrogens with zero attached hydrogens (tertiary/aromatic N) is 1. The van der Waals surface area contributed by atoms with Gasteiger partial charge in [0, 0.05) is 25.4 Å². The second kappa shape index (κ2) is 12.2. The number of alkyl carbamates (subject to hydrolysis) is 1. The zero-order chi connectivity index (χ0) is 27.8. The first-order chi connectivity index (χ1) is 17.2. The highest BCUT2D eigenvalue weighted by molar-refractivity contribution is 5.90. The van der Waals surface area contributed by atoms with Crippen LogP contribution >= 0.6 is 0 Å². The molecule has 1 aromatic carbocycles. The van der Waals surface area contributed by atoms with Crippen molar-refractivity contribution in [2.75, 3.05) is 6.54 Å². The molecule has 1 heterocycles. The van der Waals surface area contributed by atoms with Crippen LogP contribution in [0, 0.1) is 5.92 Å². The van der Waals surface area contributed by atoms with Crippen LogP contribution in [0.25, 0.3) is 0 Å². The molecule has 0 aliphatic rings. The molecule has 2 aromatic rings. The van der Waals surface area contributed by atoms with E-state index in [0.717, 1.165) is 12.1 Å². The highest BCUT2D eigenvalue weighted by atomic mass is 19.4. The Bertz CT molecular complexity index is 1090. The minimum absolute atomic E-state index is 0.0909. The van der Waals surface area contributed by atoms with E-state index in [0.29, 0.717) is 24.4 Å². The Morgan fingerprint density at radius 1 is 1.09 bits per heavy atom. The summed E-state index contributed by atoms with van der Waals surface area (Å²) in [5.41, 5.74) is -0.789. The van der Waals surface area contributed by atoms with Crippen LogP contribution in [0.4, 0.5) is 18.0 Å². The zero-order valence-corrected chi connectivity index (χ0v) is 19.5. The van der Waals surface area contributed by atoms with Crippen LogP contribution in [-0.4, -0.2) is 41.2 Å². The minimum atomic E-state index is -5.30. The second-order valence-corrected chi connectivity index (χ2v) is 8.37. The molecule has 0 saturated heterocycles. The fraction of sp³-hybridized carbons (Fsp3) is 0.417. The van der Waals surface area contributed by atoms with Crippen molar-refractivity contribution in [1.82, 2.24) is 15.6 Å². The van der Waals surface area contributed by atoms with E-state index in [1.807, 2.05) is 13.8 Å². The van der Waals surface area contributed by atoms with Crippen molar-refractivity contribution >= 4 is 18.0 Å². The van der Waals surface area contributed by atoms with Gasteiger partial charge >= 0.3 is 18.2 Å². The first-order valence-corrected chi connectivity index (χ1v) is 10.7. The average molecular weight is 500 g/mol. The van der Waals surface area contributed by atoms with Gasteiger partial charge < -0.3 is 20.1 Å². The maximum Gasteiger partial charge on any atom is 0.491 e. The third-order valence-electron chi connectivity index (χ3n) is 4.77. The molecule has 0 bridgehead atoms. The molecular weight excluding hydrogens is 467 g/mol. The van der Waals surface area contributed by atoms with E-state index in [1.165, 1.54) is 19.3 Å². The van der Waals surface area contributed by atoms with Crippen molar-refractivity contribution < 1.29 is 39.8 Å². The zero-order valence-electron chi connectivity index (χ0n) is 21.5. The number of esters is 1. The van der Waals surface area contributed by atoms with E-state index in [4.69, 9.17) is 7.48 Å². The molecule has 2 amide bonds. The third kappa shape index (κ3) is 9.26. The smallest absolute Gasteiger partial charge is 0.445 e. The van der Waals surface area contributed by atoms with E-state index in [1.54, 1.807) is 12.1 Å². The number of alkyl halides is 3. The summed E-state index contributed by atoms with van der Waals surface area (Å²) in [6, 6.07) is 4.07. The molecule has 0 spiro atoms. The lowest BCUT2D eigenvalue weighted by atomic mass is 9.91. The Morgan fingerprint density at radius 2 is 1.71 bits per heavy atom. The monoisotopic (exact) mass is 499 g/mol. The lowest BCUT2D eigenvalue weighted by Gasteiger charge is -2.29. The molecule has 0 unspecified atom stereocenters. The lowest BCUT2D eigenvalue weighted by Crippen LogP contribution is -2.58. The maximum atomic E-state index is 13.1. The van der Waals surface area contributed by atoms with Gasteiger partial charge in [0.05, 0.1) is 2.74 Å². The number of carbonyl (C=O) groups is 3. The van der Waals surface area contributed by atoms with Gasteiger partial charge in [0.25, 0.3) is 0 Å². The maximum absolute atomic E-state index is 13.1. The Hall–Kier alpha value is -3.63. The SMILES string of the molecule is [3H]c1cc(C[C@](C)(NC(=O)OCc2ccncc2)C(=O)NCCC(C)C)cc([3H])c1OC(=O)C(F)(F)F. The fourth-order valence-electron chi connectivity index (χ4n) is 2.86. The third-order valence-corrected chi connectivity index (χ3v) is 4.77. The van der Waals surface area contributed by atoms with E-state index in [-0.39, 0.29) is 18.6 Å². The van der Waals surface area contributed by atoms with E-state index < -0.39 is 47.5 Å².